The van der Waals surface area contributed by atoms with Crippen molar-refractivity contribution in [3.8, 4) is 5.75 Å². The summed E-state index contributed by atoms with van der Waals surface area (Å²) in [6, 6.07) is 7.64. The summed E-state index contributed by atoms with van der Waals surface area (Å²) in [4.78, 5) is 10.8. The van der Waals surface area contributed by atoms with E-state index >= 15 is 0 Å². The number of hydrogen-bond acceptors (Lipinski definition) is 2. The van der Waals surface area contributed by atoms with E-state index in [4.69, 9.17) is 4.74 Å². The van der Waals surface area contributed by atoms with Crippen LogP contribution in [-0.4, -0.2) is 5.97 Å². The molecule has 0 radical (unpaired) electrons. The molecule has 1 saturated carbocycles. The van der Waals surface area contributed by atoms with E-state index in [0.29, 0.717) is 11.7 Å². The molecular weight excluding hydrogens is 236 g/mol. The molecule has 0 amide bonds. The molecule has 1 fully saturated rings. The van der Waals surface area contributed by atoms with E-state index in [2.05, 4.69) is 24.3 Å². The van der Waals surface area contributed by atoms with Gasteiger partial charge in [-0.2, -0.15) is 0 Å². The Hall–Kier alpha value is -1.83. The minimum Gasteiger partial charge on any atom is -0.427 e. The predicted octanol–water partition coefficient (Wildman–Crippen LogP) is 3.84. The van der Waals surface area contributed by atoms with E-state index < -0.39 is 0 Å². The Kier molecular flexibility index (Phi) is 3.24. The summed E-state index contributed by atoms with van der Waals surface area (Å²) in [6.07, 6.45) is 11.9. The molecule has 1 aromatic carbocycles. The molecule has 0 aliphatic heterocycles. The fourth-order valence-electron chi connectivity index (χ4n) is 3.09. The molecule has 98 valence electrons. The van der Waals surface area contributed by atoms with Crippen LogP contribution in [0.2, 0.25) is 0 Å². The van der Waals surface area contributed by atoms with Gasteiger partial charge in [-0.05, 0) is 48.3 Å². The first kappa shape index (κ1) is 12.2. The van der Waals surface area contributed by atoms with E-state index in [-0.39, 0.29) is 5.97 Å². The Morgan fingerprint density at radius 3 is 2.58 bits per heavy atom. The molecule has 0 saturated heterocycles. The molecule has 2 nitrogen and oxygen atoms in total. The summed E-state index contributed by atoms with van der Waals surface area (Å²) >= 11 is 0. The van der Waals surface area contributed by atoms with Crippen LogP contribution in [-0.2, 0) is 4.79 Å². The standard InChI is InChI=1S/C17H18O2/c1-12(18)19-17-8-4-13(5-9-17)2-6-15-10-14-3-7-16(15)11-14/h2-9,14-16H,10-11H2,1H3. The van der Waals surface area contributed by atoms with Crippen LogP contribution < -0.4 is 4.74 Å². The van der Waals surface area contributed by atoms with Gasteiger partial charge in [-0.3, -0.25) is 4.79 Å². The van der Waals surface area contributed by atoms with Crippen LogP contribution in [0.15, 0.2) is 42.5 Å². The van der Waals surface area contributed by atoms with Crippen LogP contribution in [0.4, 0.5) is 0 Å². The second-order valence-corrected chi connectivity index (χ2v) is 5.47. The van der Waals surface area contributed by atoms with E-state index in [0.717, 1.165) is 17.4 Å². The molecule has 3 unspecified atom stereocenters. The molecule has 2 heteroatoms. The first-order valence-electron chi connectivity index (χ1n) is 6.86. The number of ether oxygens (including phenoxy) is 1. The molecule has 0 aromatic heterocycles. The summed E-state index contributed by atoms with van der Waals surface area (Å²) in [5, 5.41) is 0. The zero-order valence-corrected chi connectivity index (χ0v) is 11.1. The van der Waals surface area contributed by atoms with Crippen molar-refractivity contribution in [2.24, 2.45) is 17.8 Å². The highest BCUT2D eigenvalue weighted by Crippen LogP contribution is 2.44. The number of esters is 1. The zero-order chi connectivity index (χ0) is 13.2. The fraction of sp³-hybridized carbons (Fsp3) is 0.353. The maximum Gasteiger partial charge on any atom is 0.308 e. The number of carbonyl (C=O) groups is 1. The molecule has 2 aliphatic carbocycles. The van der Waals surface area contributed by atoms with Crippen LogP contribution in [0, 0.1) is 17.8 Å². The van der Waals surface area contributed by atoms with Gasteiger partial charge >= 0.3 is 5.97 Å². The quantitative estimate of drug-likeness (QED) is 0.465. The van der Waals surface area contributed by atoms with Gasteiger partial charge in [0.25, 0.3) is 0 Å². The third-order valence-corrected chi connectivity index (χ3v) is 4.01. The third-order valence-electron chi connectivity index (χ3n) is 4.01. The number of rotatable bonds is 3. The third kappa shape index (κ3) is 2.78. The van der Waals surface area contributed by atoms with Gasteiger partial charge in [0.15, 0.2) is 0 Å². The number of fused-ring (bicyclic) bond motifs is 2. The van der Waals surface area contributed by atoms with Gasteiger partial charge in [0.1, 0.15) is 5.75 Å². The first-order chi connectivity index (χ1) is 9.20. The number of benzene rings is 1. The number of carbonyl (C=O) groups excluding carboxylic acids is 1. The van der Waals surface area contributed by atoms with Crippen molar-refractivity contribution in [3.05, 3.63) is 48.1 Å². The molecule has 2 aliphatic rings. The van der Waals surface area contributed by atoms with Crippen LogP contribution in [0.5, 0.6) is 5.75 Å². The lowest BCUT2D eigenvalue weighted by Crippen LogP contribution is -2.02. The monoisotopic (exact) mass is 254 g/mol. The Balaban J connectivity index is 1.63. The molecule has 3 atom stereocenters. The largest absolute Gasteiger partial charge is 0.427 e. The van der Waals surface area contributed by atoms with Crippen molar-refractivity contribution in [2.75, 3.05) is 0 Å². The van der Waals surface area contributed by atoms with Crippen LogP contribution in [0.3, 0.4) is 0 Å². The predicted molar refractivity (Wildman–Crippen MR) is 75.6 cm³/mol. The number of allylic oxidation sites excluding steroid dienone is 3. The molecule has 0 spiro atoms. The summed E-state index contributed by atoms with van der Waals surface area (Å²) < 4.78 is 5.02. The van der Waals surface area contributed by atoms with Gasteiger partial charge in [0.05, 0.1) is 0 Å². The first-order valence-corrected chi connectivity index (χ1v) is 6.86. The van der Waals surface area contributed by atoms with Crippen LogP contribution >= 0.6 is 0 Å². The molecular formula is C17H18O2. The Labute approximate surface area is 113 Å². The molecule has 2 bridgehead atoms. The smallest absolute Gasteiger partial charge is 0.308 e. The minimum absolute atomic E-state index is 0.280. The van der Waals surface area contributed by atoms with Crippen molar-refractivity contribution >= 4 is 12.0 Å². The normalized spacial score (nSPS) is 28.2. The maximum atomic E-state index is 10.8. The van der Waals surface area contributed by atoms with Gasteiger partial charge in [-0.15, -0.1) is 0 Å². The fourth-order valence-corrected chi connectivity index (χ4v) is 3.09. The molecule has 0 N–H and O–H groups in total. The van der Waals surface area contributed by atoms with Crippen molar-refractivity contribution in [3.63, 3.8) is 0 Å². The van der Waals surface area contributed by atoms with E-state index in [1.807, 2.05) is 24.3 Å². The maximum absolute atomic E-state index is 10.8. The van der Waals surface area contributed by atoms with Gasteiger partial charge in [-0.1, -0.05) is 36.4 Å². The second-order valence-electron chi connectivity index (χ2n) is 5.47. The van der Waals surface area contributed by atoms with Gasteiger partial charge in [-0.25, -0.2) is 0 Å². The van der Waals surface area contributed by atoms with Crippen LogP contribution in [0.1, 0.15) is 25.3 Å². The SMILES string of the molecule is CC(=O)Oc1ccc(C=CC2CC3C=CC2C3)cc1. The summed E-state index contributed by atoms with van der Waals surface area (Å²) in [7, 11) is 0. The Bertz CT molecular complexity index is 525. The van der Waals surface area contributed by atoms with E-state index in [1.165, 1.54) is 19.8 Å². The average Bonchev–Trinajstić information content (AvgIpc) is 2.99. The summed E-state index contributed by atoms with van der Waals surface area (Å²) in [6.45, 7) is 1.41. The van der Waals surface area contributed by atoms with Crippen molar-refractivity contribution in [2.45, 2.75) is 19.8 Å². The van der Waals surface area contributed by atoms with E-state index in [1.54, 1.807) is 0 Å². The number of hydrogen-bond donors (Lipinski definition) is 0. The molecule has 1 aromatic rings. The second kappa shape index (κ2) is 5.04. The lowest BCUT2D eigenvalue weighted by molar-refractivity contribution is -0.131. The summed E-state index contributed by atoms with van der Waals surface area (Å²) in [5.74, 6) is 2.58. The lowest BCUT2D eigenvalue weighted by Gasteiger charge is -2.12. The highest BCUT2D eigenvalue weighted by molar-refractivity contribution is 5.69. The minimum atomic E-state index is -0.280. The highest BCUT2D eigenvalue weighted by atomic mass is 16.5. The highest BCUT2D eigenvalue weighted by Gasteiger charge is 2.33. The van der Waals surface area contributed by atoms with Crippen molar-refractivity contribution < 1.29 is 9.53 Å². The molecule has 3 rings (SSSR count). The zero-order valence-electron chi connectivity index (χ0n) is 11.1. The topological polar surface area (TPSA) is 26.3 Å². The van der Waals surface area contributed by atoms with E-state index in [9.17, 15) is 4.79 Å². The summed E-state index contributed by atoms with van der Waals surface area (Å²) in [5.41, 5.74) is 1.16. The van der Waals surface area contributed by atoms with Crippen molar-refractivity contribution in [1.29, 1.82) is 0 Å². The lowest BCUT2D eigenvalue weighted by atomic mass is 9.93. The Morgan fingerprint density at radius 1 is 1.21 bits per heavy atom. The van der Waals surface area contributed by atoms with Crippen LogP contribution in [0.25, 0.3) is 6.08 Å². The van der Waals surface area contributed by atoms with Gasteiger partial charge in [0.2, 0.25) is 0 Å². The van der Waals surface area contributed by atoms with Gasteiger partial charge < -0.3 is 4.74 Å². The molecule has 19 heavy (non-hydrogen) atoms. The molecule has 0 heterocycles. The Morgan fingerprint density at radius 2 is 2.00 bits per heavy atom. The average molecular weight is 254 g/mol. The van der Waals surface area contributed by atoms with Gasteiger partial charge in [0, 0.05) is 6.92 Å². The van der Waals surface area contributed by atoms with Crippen molar-refractivity contribution in [1.82, 2.24) is 0 Å².